The quantitative estimate of drug-likeness (QED) is 0.869. The molecule has 1 N–H and O–H groups in total. The Hall–Kier alpha value is -0.600. The standard InChI is InChI=1S/C12H16Cl2O2/c1-7(2)12(3,4)16-8-5-9(13)11(15)10(14)6-8/h5-7,15H,1-4H3. The lowest BCUT2D eigenvalue weighted by atomic mass is 9.94. The Kier molecular flexibility index (Phi) is 3.97. The molecular weight excluding hydrogens is 247 g/mol. The average molecular weight is 263 g/mol. The van der Waals surface area contributed by atoms with Crippen molar-refractivity contribution in [2.24, 2.45) is 5.92 Å². The van der Waals surface area contributed by atoms with Gasteiger partial charge in [0, 0.05) is 12.1 Å². The summed E-state index contributed by atoms with van der Waals surface area (Å²) in [6, 6.07) is 3.12. The maximum atomic E-state index is 9.42. The molecule has 0 amide bonds. The van der Waals surface area contributed by atoms with Crippen molar-refractivity contribution >= 4 is 23.2 Å². The highest BCUT2D eigenvalue weighted by Crippen LogP contribution is 2.37. The van der Waals surface area contributed by atoms with Crippen LogP contribution in [0.1, 0.15) is 27.7 Å². The zero-order valence-electron chi connectivity index (χ0n) is 9.84. The SMILES string of the molecule is CC(C)C(C)(C)Oc1cc(Cl)c(O)c(Cl)c1. The number of benzene rings is 1. The highest BCUT2D eigenvalue weighted by Gasteiger charge is 2.25. The lowest BCUT2D eigenvalue weighted by Gasteiger charge is -2.30. The molecule has 16 heavy (non-hydrogen) atoms. The number of hydrogen-bond donors (Lipinski definition) is 1. The van der Waals surface area contributed by atoms with Crippen molar-refractivity contribution in [3.63, 3.8) is 0 Å². The third-order valence-electron chi connectivity index (χ3n) is 2.76. The lowest BCUT2D eigenvalue weighted by molar-refractivity contribution is 0.0600. The Balaban J connectivity index is 2.99. The molecule has 0 aliphatic heterocycles. The molecule has 0 unspecified atom stereocenters. The maximum Gasteiger partial charge on any atom is 0.153 e. The fourth-order valence-electron chi connectivity index (χ4n) is 1.02. The van der Waals surface area contributed by atoms with E-state index in [-0.39, 0.29) is 21.4 Å². The van der Waals surface area contributed by atoms with Crippen LogP contribution in [0.2, 0.25) is 10.0 Å². The van der Waals surface area contributed by atoms with Crippen molar-refractivity contribution in [2.45, 2.75) is 33.3 Å². The number of aromatic hydroxyl groups is 1. The van der Waals surface area contributed by atoms with Crippen LogP contribution >= 0.6 is 23.2 Å². The first kappa shape index (κ1) is 13.5. The van der Waals surface area contributed by atoms with Crippen molar-refractivity contribution in [3.05, 3.63) is 22.2 Å². The van der Waals surface area contributed by atoms with Gasteiger partial charge in [-0.05, 0) is 19.8 Å². The van der Waals surface area contributed by atoms with Crippen molar-refractivity contribution in [1.29, 1.82) is 0 Å². The van der Waals surface area contributed by atoms with Gasteiger partial charge in [0.25, 0.3) is 0 Å². The molecule has 0 aliphatic carbocycles. The molecule has 0 aliphatic rings. The zero-order chi connectivity index (χ0) is 12.5. The first-order valence-electron chi connectivity index (χ1n) is 5.11. The van der Waals surface area contributed by atoms with E-state index >= 15 is 0 Å². The van der Waals surface area contributed by atoms with E-state index in [1.54, 1.807) is 12.1 Å². The zero-order valence-corrected chi connectivity index (χ0v) is 11.4. The third kappa shape index (κ3) is 2.96. The lowest BCUT2D eigenvalue weighted by Crippen LogP contribution is -2.34. The van der Waals surface area contributed by atoms with Crippen LogP contribution in [0.5, 0.6) is 11.5 Å². The Labute approximate surface area is 106 Å². The van der Waals surface area contributed by atoms with Crippen LogP contribution in [-0.2, 0) is 0 Å². The highest BCUT2D eigenvalue weighted by atomic mass is 35.5. The predicted octanol–water partition coefficient (Wildman–Crippen LogP) is 4.51. The first-order valence-corrected chi connectivity index (χ1v) is 5.86. The smallest absolute Gasteiger partial charge is 0.153 e. The summed E-state index contributed by atoms with van der Waals surface area (Å²) in [6.45, 7) is 8.13. The van der Waals surface area contributed by atoms with E-state index in [0.29, 0.717) is 11.7 Å². The minimum atomic E-state index is -0.316. The fraction of sp³-hybridized carbons (Fsp3) is 0.500. The van der Waals surface area contributed by atoms with E-state index < -0.39 is 0 Å². The molecule has 1 aromatic rings. The molecule has 0 atom stereocenters. The topological polar surface area (TPSA) is 29.5 Å². The predicted molar refractivity (Wildman–Crippen MR) is 67.7 cm³/mol. The van der Waals surface area contributed by atoms with Crippen molar-refractivity contribution in [2.75, 3.05) is 0 Å². The number of ether oxygens (including phenoxy) is 1. The number of rotatable bonds is 3. The van der Waals surface area contributed by atoms with Gasteiger partial charge in [-0.1, -0.05) is 37.0 Å². The minimum Gasteiger partial charge on any atom is -0.505 e. The van der Waals surface area contributed by atoms with E-state index in [0.717, 1.165) is 0 Å². The molecule has 1 rings (SSSR count). The second-order valence-corrected chi connectivity index (χ2v) is 5.41. The molecule has 0 saturated heterocycles. The Morgan fingerprint density at radius 1 is 1.19 bits per heavy atom. The summed E-state index contributed by atoms with van der Waals surface area (Å²) in [6.07, 6.45) is 0. The molecule has 90 valence electrons. The molecule has 0 spiro atoms. The Bertz CT molecular complexity index is 364. The van der Waals surface area contributed by atoms with Crippen LogP contribution in [0.15, 0.2) is 12.1 Å². The summed E-state index contributed by atoms with van der Waals surface area (Å²) < 4.78 is 5.80. The summed E-state index contributed by atoms with van der Waals surface area (Å²) in [5.74, 6) is 0.795. The summed E-state index contributed by atoms with van der Waals surface area (Å²) >= 11 is 11.6. The molecule has 0 aromatic heterocycles. The molecular formula is C12H16Cl2O2. The molecule has 2 nitrogen and oxygen atoms in total. The molecule has 0 radical (unpaired) electrons. The monoisotopic (exact) mass is 262 g/mol. The van der Waals surface area contributed by atoms with Crippen LogP contribution in [0, 0.1) is 5.92 Å². The summed E-state index contributed by atoms with van der Waals surface area (Å²) in [5.41, 5.74) is -0.316. The van der Waals surface area contributed by atoms with Gasteiger partial charge in [-0.2, -0.15) is 0 Å². The molecule has 0 fully saturated rings. The van der Waals surface area contributed by atoms with Gasteiger partial charge in [0.1, 0.15) is 11.4 Å². The summed E-state index contributed by atoms with van der Waals surface area (Å²) in [5, 5.41) is 9.81. The molecule has 4 heteroatoms. The van der Waals surface area contributed by atoms with E-state index in [9.17, 15) is 5.11 Å². The molecule has 0 saturated carbocycles. The summed E-state index contributed by atoms with van der Waals surface area (Å²) in [7, 11) is 0. The first-order chi connectivity index (χ1) is 7.24. The van der Waals surface area contributed by atoms with Crippen molar-refractivity contribution in [3.8, 4) is 11.5 Å². The second-order valence-electron chi connectivity index (χ2n) is 4.60. The van der Waals surface area contributed by atoms with Crippen LogP contribution in [0.25, 0.3) is 0 Å². The van der Waals surface area contributed by atoms with E-state index in [4.69, 9.17) is 27.9 Å². The molecule has 1 aromatic carbocycles. The van der Waals surface area contributed by atoms with Crippen LogP contribution in [-0.4, -0.2) is 10.7 Å². The van der Waals surface area contributed by atoms with E-state index in [1.807, 2.05) is 13.8 Å². The number of halogens is 2. The molecule has 0 heterocycles. The van der Waals surface area contributed by atoms with Crippen molar-refractivity contribution < 1.29 is 9.84 Å². The average Bonchev–Trinajstić information content (AvgIpc) is 2.13. The summed E-state index contributed by atoms with van der Waals surface area (Å²) in [4.78, 5) is 0. The van der Waals surface area contributed by atoms with Crippen LogP contribution < -0.4 is 4.74 Å². The van der Waals surface area contributed by atoms with Crippen LogP contribution in [0.4, 0.5) is 0 Å². The van der Waals surface area contributed by atoms with E-state index in [1.165, 1.54) is 0 Å². The number of hydrogen-bond acceptors (Lipinski definition) is 2. The van der Waals surface area contributed by atoms with Gasteiger partial charge in [0.05, 0.1) is 10.0 Å². The minimum absolute atomic E-state index is 0.113. The number of phenols is 1. The maximum absolute atomic E-state index is 9.42. The van der Waals surface area contributed by atoms with Gasteiger partial charge in [0.2, 0.25) is 0 Å². The fourth-order valence-corrected chi connectivity index (χ4v) is 1.49. The normalized spacial score (nSPS) is 11.9. The van der Waals surface area contributed by atoms with Gasteiger partial charge >= 0.3 is 0 Å². The van der Waals surface area contributed by atoms with Gasteiger partial charge in [0.15, 0.2) is 5.75 Å². The second kappa shape index (κ2) is 4.72. The van der Waals surface area contributed by atoms with Gasteiger partial charge in [-0.3, -0.25) is 0 Å². The van der Waals surface area contributed by atoms with E-state index in [2.05, 4.69) is 13.8 Å². The van der Waals surface area contributed by atoms with Crippen LogP contribution in [0.3, 0.4) is 0 Å². The third-order valence-corrected chi connectivity index (χ3v) is 3.34. The van der Waals surface area contributed by atoms with Gasteiger partial charge in [-0.25, -0.2) is 0 Å². The van der Waals surface area contributed by atoms with Gasteiger partial charge in [-0.15, -0.1) is 0 Å². The largest absolute Gasteiger partial charge is 0.505 e. The highest BCUT2D eigenvalue weighted by molar-refractivity contribution is 6.37. The van der Waals surface area contributed by atoms with Crippen molar-refractivity contribution in [1.82, 2.24) is 0 Å². The Morgan fingerprint density at radius 2 is 1.62 bits per heavy atom. The molecule has 0 bridgehead atoms. The number of phenolic OH excluding ortho intramolecular Hbond substituents is 1. The Morgan fingerprint density at radius 3 is 2.00 bits per heavy atom. The van der Waals surface area contributed by atoms with Gasteiger partial charge < -0.3 is 9.84 Å².